The summed E-state index contributed by atoms with van der Waals surface area (Å²) in [6.45, 7) is 2.34. The van der Waals surface area contributed by atoms with E-state index >= 15 is 0 Å². The summed E-state index contributed by atoms with van der Waals surface area (Å²) in [5.74, 6) is 1.00. The number of hydrogen-bond donors (Lipinski definition) is 0. The summed E-state index contributed by atoms with van der Waals surface area (Å²) < 4.78 is 0. The fraction of sp³-hybridized carbons (Fsp3) is 0.846. The first kappa shape index (κ1) is 15.1. The van der Waals surface area contributed by atoms with Crippen LogP contribution in [0.1, 0.15) is 64.7 Å². The summed E-state index contributed by atoms with van der Waals surface area (Å²) in [5, 5.41) is 0. The van der Waals surface area contributed by atoms with Gasteiger partial charge in [0, 0.05) is 32.7 Å². The van der Waals surface area contributed by atoms with E-state index in [1.54, 1.807) is 0 Å². The summed E-state index contributed by atoms with van der Waals surface area (Å²) in [6.07, 6.45) is 17.5. The number of hydrogen-bond acceptors (Lipinski definition) is 0. The fourth-order valence-corrected chi connectivity index (χ4v) is 1.99. The largest absolute Gasteiger partial charge is 0.328 e. The third-order valence-corrected chi connectivity index (χ3v) is 3.04. The first-order valence-corrected chi connectivity index (χ1v) is 6.03. The van der Waals surface area contributed by atoms with Crippen LogP contribution in [0.3, 0.4) is 0 Å². The molecule has 0 saturated heterocycles. The molecule has 2 aliphatic carbocycles. The van der Waals surface area contributed by atoms with Crippen LogP contribution in [0.5, 0.6) is 0 Å². The second-order valence-corrected chi connectivity index (χ2v) is 4.48. The molecule has 1 heteroatoms. The van der Waals surface area contributed by atoms with Crippen LogP contribution < -0.4 is 0 Å². The van der Waals surface area contributed by atoms with Crippen molar-refractivity contribution in [2.24, 2.45) is 5.92 Å². The minimum atomic E-state index is 0. The Balaban J connectivity index is 0.000000227. The predicted octanol–water partition coefficient (Wildman–Crippen LogP) is 4.55. The normalized spacial score (nSPS) is 22.9. The Labute approximate surface area is 115 Å². The molecule has 1 radical (unpaired) electrons. The molecule has 81 valence electrons. The van der Waals surface area contributed by atoms with Crippen LogP contribution in [-0.2, 0) is 32.7 Å². The topological polar surface area (TPSA) is 0 Å². The molecule has 0 bridgehead atoms. The van der Waals surface area contributed by atoms with Crippen molar-refractivity contribution in [3.05, 3.63) is 12.8 Å². The van der Waals surface area contributed by atoms with Gasteiger partial charge in [0.25, 0.3) is 0 Å². The summed E-state index contributed by atoms with van der Waals surface area (Å²) in [5.41, 5.74) is 0. The van der Waals surface area contributed by atoms with Crippen LogP contribution in [0, 0.1) is 18.8 Å². The van der Waals surface area contributed by atoms with E-state index in [4.69, 9.17) is 0 Å². The van der Waals surface area contributed by atoms with E-state index in [9.17, 15) is 0 Å². The van der Waals surface area contributed by atoms with E-state index in [0.717, 1.165) is 5.92 Å². The zero-order chi connectivity index (χ0) is 9.36. The number of rotatable bonds is 0. The smallest absolute Gasteiger partial charge is 0 e. The standard InChI is InChI=1S/C7H13.C6H11.Y/c1-7-5-3-2-4-6-7;1-2-4-6-5-3-1;/h2,7H,3-6H2,1H3;1H,2-6H2;/q2*-1;. The van der Waals surface area contributed by atoms with Crippen LogP contribution in [0.25, 0.3) is 0 Å². The molecule has 0 nitrogen and oxygen atoms in total. The van der Waals surface area contributed by atoms with Gasteiger partial charge in [0.15, 0.2) is 0 Å². The van der Waals surface area contributed by atoms with Gasteiger partial charge in [0.1, 0.15) is 0 Å². The molecule has 2 rings (SSSR count). The molecule has 0 aromatic heterocycles. The van der Waals surface area contributed by atoms with E-state index < -0.39 is 0 Å². The third-order valence-electron chi connectivity index (χ3n) is 3.04. The van der Waals surface area contributed by atoms with Gasteiger partial charge in [0.2, 0.25) is 0 Å². The van der Waals surface area contributed by atoms with Crippen molar-refractivity contribution < 1.29 is 32.7 Å². The zero-order valence-corrected chi connectivity index (χ0v) is 12.5. The fourth-order valence-electron chi connectivity index (χ4n) is 1.99. The molecule has 0 aliphatic heterocycles. The van der Waals surface area contributed by atoms with Gasteiger partial charge in [0.05, 0.1) is 0 Å². The van der Waals surface area contributed by atoms with E-state index in [2.05, 4.69) is 19.8 Å². The zero-order valence-electron chi connectivity index (χ0n) is 9.67. The molecule has 2 aliphatic rings. The van der Waals surface area contributed by atoms with Crippen molar-refractivity contribution in [3.8, 4) is 0 Å². The Morgan fingerprint density at radius 1 is 0.786 bits per heavy atom. The molecule has 0 N–H and O–H groups in total. The van der Waals surface area contributed by atoms with Crippen molar-refractivity contribution in [2.45, 2.75) is 64.7 Å². The summed E-state index contributed by atoms with van der Waals surface area (Å²) >= 11 is 0. The van der Waals surface area contributed by atoms with Gasteiger partial charge in [-0.2, -0.15) is 25.7 Å². The Morgan fingerprint density at radius 3 is 1.50 bits per heavy atom. The van der Waals surface area contributed by atoms with E-state index in [0.29, 0.717) is 0 Å². The van der Waals surface area contributed by atoms with Crippen molar-refractivity contribution in [3.63, 3.8) is 0 Å². The van der Waals surface area contributed by atoms with Gasteiger partial charge < -0.3 is 12.8 Å². The van der Waals surface area contributed by atoms with Crippen LogP contribution in [0.2, 0.25) is 0 Å². The van der Waals surface area contributed by atoms with Crippen molar-refractivity contribution in [1.29, 1.82) is 0 Å². The molecule has 14 heavy (non-hydrogen) atoms. The maximum atomic E-state index is 2.40. The molecule has 0 heterocycles. The molecule has 2 saturated carbocycles. The monoisotopic (exact) mass is 269 g/mol. The van der Waals surface area contributed by atoms with E-state index in [1.807, 2.05) is 0 Å². The molecule has 0 spiro atoms. The van der Waals surface area contributed by atoms with Crippen LogP contribution in [-0.4, -0.2) is 0 Å². The molecule has 0 amide bonds. The molecule has 0 unspecified atom stereocenters. The van der Waals surface area contributed by atoms with Gasteiger partial charge >= 0.3 is 0 Å². The van der Waals surface area contributed by atoms with Crippen molar-refractivity contribution >= 4 is 0 Å². The first-order chi connectivity index (χ1) is 6.39. The maximum Gasteiger partial charge on any atom is 0 e. The van der Waals surface area contributed by atoms with E-state index in [-0.39, 0.29) is 32.7 Å². The van der Waals surface area contributed by atoms with Crippen molar-refractivity contribution in [2.75, 3.05) is 0 Å². The summed E-state index contributed by atoms with van der Waals surface area (Å²) in [4.78, 5) is 0. The second kappa shape index (κ2) is 10.6. The van der Waals surface area contributed by atoms with Gasteiger partial charge in [-0.25, -0.2) is 0 Å². The SMILES string of the molecule is CC1CC[CH-]CC1.[CH-]1CCCCC1.[Y]. The summed E-state index contributed by atoms with van der Waals surface area (Å²) in [6, 6.07) is 0. The molecular formula is C13H24Y-2. The minimum Gasteiger partial charge on any atom is -0.328 e. The van der Waals surface area contributed by atoms with Gasteiger partial charge in [-0.05, 0) is 5.92 Å². The van der Waals surface area contributed by atoms with Gasteiger partial charge in [-0.3, -0.25) is 0 Å². The van der Waals surface area contributed by atoms with Crippen LogP contribution in [0.4, 0.5) is 0 Å². The van der Waals surface area contributed by atoms with Crippen LogP contribution >= 0.6 is 0 Å². The molecule has 0 aromatic carbocycles. The average Bonchev–Trinajstić information content (AvgIpc) is 2.22. The van der Waals surface area contributed by atoms with Gasteiger partial charge in [-0.1, -0.05) is 39.0 Å². The molecular weight excluding hydrogens is 245 g/mol. The quantitative estimate of drug-likeness (QED) is 0.566. The van der Waals surface area contributed by atoms with E-state index in [1.165, 1.54) is 57.8 Å². The third kappa shape index (κ3) is 8.42. The second-order valence-electron chi connectivity index (χ2n) is 4.48. The Kier molecular flexibility index (Phi) is 11.5. The average molecular weight is 269 g/mol. The minimum absolute atomic E-state index is 0. The molecule has 0 aromatic rings. The predicted molar refractivity (Wildman–Crippen MR) is 59.3 cm³/mol. The first-order valence-electron chi connectivity index (χ1n) is 6.03. The van der Waals surface area contributed by atoms with Crippen LogP contribution in [0.15, 0.2) is 0 Å². The molecule has 0 atom stereocenters. The summed E-state index contributed by atoms with van der Waals surface area (Å²) in [7, 11) is 0. The Bertz CT molecular complexity index is 90.3. The Morgan fingerprint density at radius 2 is 1.29 bits per heavy atom. The molecule has 2 fully saturated rings. The Hall–Kier alpha value is 1.10. The van der Waals surface area contributed by atoms with Crippen molar-refractivity contribution in [1.82, 2.24) is 0 Å². The van der Waals surface area contributed by atoms with Gasteiger partial charge in [-0.15, -0.1) is 0 Å². The maximum absolute atomic E-state index is 2.40.